The maximum Gasteiger partial charge on any atom is 0.303 e. The minimum absolute atomic E-state index is 0.0917. The van der Waals surface area contributed by atoms with E-state index in [0.717, 1.165) is 44.5 Å². The molecule has 2 aliphatic heterocycles. The number of carboxylic acids is 4. The lowest BCUT2D eigenvalue weighted by molar-refractivity contribution is -0.138. The molecule has 6 N–H and O–H groups in total. The van der Waals surface area contributed by atoms with Crippen molar-refractivity contribution in [2.45, 2.75) is 79.1 Å². The molecule has 0 radical (unpaired) electrons. The van der Waals surface area contributed by atoms with Crippen molar-refractivity contribution in [3.63, 3.8) is 0 Å². The number of aromatic nitrogens is 4. The summed E-state index contributed by atoms with van der Waals surface area (Å²) in [7, 11) is 0. The number of carbonyl (C=O) groups is 4. The van der Waals surface area contributed by atoms with E-state index in [1.807, 2.05) is 52.0 Å². The second kappa shape index (κ2) is 13.7. The number of carboxylic acid groups (broad SMARTS) is 4. The Morgan fingerprint density at radius 3 is 1.27 bits per heavy atom. The van der Waals surface area contributed by atoms with Gasteiger partial charge in [0.15, 0.2) is 0 Å². The standard InChI is InChI=1S/C36H38N4O8/c1-17-21(5-9-33(41)42)29-14-27-19(3)22(6-10-34(43)44)30(39-27)15-28-20(4)24(8-12-36(47)48)32(40-28)16-31-23(7-11-35(45)46)18(2)26(38-31)13-25(17)37-29/h13-16,39-40H,5-12H2,1-4H3,(H,41,42)(H,43,44)(H,45,46)(H,47,48). The Morgan fingerprint density at radius 2 is 0.854 bits per heavy atom. The van der Waals surface area contributed by atoms with E-state index in [-0.39, 0.29) is 51.4 Å². The third-order valence-electron chi connectivity index (χ3n) is 9.16. The number of fused-ring (bicyclic) bond motifs is 8. The average Bonchev–Trinajstić information content (AvgIpc) is 3.66. The minimum atomic E-state index is -0.948. The summed E-state index contributed by atoms with van der Waals surface area (Å²) >= 11 is 0. The number of rotatable bonds is 12. The quantitative estimate of drug-likeness (QED) is 0.124. The van der Waals surface area contributed by atoms with E-state index in [2.05, 4.69) is 9.97 Å². The molecule has 0 saturated carbocycles. The molecule has 12 nitrogen and oxygen atoms in total. The lowest BCUT2D eigenvalue weighted by Crippen LogP contribution is -1.98. The normalized spacial score (nSPS) is 12.9. The molecule has 2 aliphatic rings. The molecule has 3 aromatic heterocycles. The van der Waals surface area contributed by atoms with Gasteiger partial charge in [0.2, 0.25) is 0 Å². The number of H-pyrrole nitrogens is 2. The van der Waals surface area contributed by atoms with Crippen molar-refractivity contribution in [3.8, 4) is 0 Å². The van der Waals surface area contributed by atoms with Crippen molar-refractivity contribution in [2.75, 3.05) is 0 Å². The molecule has 0 aromatic carbocycles. The summed E-state index contributed by atoms with van der Waals surface area (Å²) in [4.78, 5) is 63.1. The first kappa shape index (κ1) is 33.8. The molecule has 0 spiro atoms. The SMILES string of the molecule is CC1=C(CCC(=O)O)c2cc3[nH]c(cc4[nH]c(cc5nc(cc1n2)C(C)=C5CCC(=O)O)c(CCC(=O)O)c4C)c(CCC(=O)O)c3C. The van der Waals surface area contributed by atoms with Crippen LogP contribution < -0.4 is 0 Å². The zero-order valence-corrected chi connectivity index (χ0v) is 27.3. The van der Waals surface area contributed by atoms with Gasteiger partial charge >= 0.3 is 23.9 Å². The van der Waals surface area contributed by atoms with Crippen molar-refractivity contribution < 1.29 is 39.6 Å². The highest BCUT2D eigenvalue weighted by molar-refractivity contribution is 5.96. The first-order valence-electron chi connectivity index (χ1n) is 15.7. The second-order valence-corrected chi connectivity index (χ2v) is 12.2. The van der Waals surface area contributed by atoms with E-state index >= 15 is 0 Å². The Kier molecular flexibility index (Phi) is 9.64. The molecule has 5 heterocycles. The highest BCUT2D eigenvalue weighted by Crippen LogP contribution is 2.38. The fourth-order valence-corrected chi connectivity index (χ4v) is 6.42. The van der Waals surface area contributed by atoms with Crippen molar-refractivity contribution in [1.29, 1.82) is 0 Å². The van der Waals surface area contributed by atoms with Gasteiger partial charge in [0, 0.05) is 47.8 Å². The summed E-state index contributed by atoms with van der Waals surface area (Å²) < 4.78 is 0. The van der Waals surface area contributed by atoms with Crippen molar-refractivity contribution in [2.24, 2.45) is 0 Å². The van der Waals surface area contributed by atoms with E-state index in [0.29, 0.717) is 44.8 Å². The Labute approximate surface area is 275 Å². The Bertz CT molecular complexity index is 2100. The lowest BCUT2D eigenvalue weighted by atomic mass is 9.99. The van der Waals surface area contributed by atoms with Gasteiger partial charge < -0.3 is 30.4 Å². The van der Waals surface area contributed by atoms with Gasteiger partial charge in [-0.25, -0.2) is 9.97 Å². The summed E-state index contributed by atoms with van der Waals surface area (Å²) in [5.74, 6) is -3.76. The summed E-state index contributed by atoms with van der Waals surface area (Å²) in [5, 5.41) is 38.0. The van der Waals surface area contributed by atoms with Crippen LogP contribution in [-0.2, 0) is 32.0 Å². The summed E-state index contributed by atoms with van der Waals surface area (Å²) in [6, 6.07) is 7.40. The molecule has 5 rings (SSSR count). The molecule has 250 valence electrons. The summed E-state index contributed by atoms with van der Waals surface area (Å²) in [6.07, 6.45) is 0.578. The minimum Gasteiger partial charge on any atom is -0.481 e. The fraction of sp³-hybridized carbons (Fsp3) is 0.333. The van der Waals surface area contributed by atoms with Crippen LogP contribution >= 0.6 is 0 Å². The van der Waals surface area contributed by atoms with E-state index in [9.17, 15) is 39.6 Å². The number of hydrogen-bond donors (Lipinski definition) is 6. The molecular formula is C36H38N4O8. The van der Waals surface area contributed by atoms with Crippen LogP contribution in [0.25, 0.3) is 44.4 Å². The molecule has 8 bridgehead atoms. The predicted molar refractivity (Wildman–Crippen MR) is 181 cm³/mol. The van der Waals surface area contributed by atoms with Crippen LogP contribution in [0, 0.1) is 13.8 Å². The maximum absolute atomic E-state index is 11.6. The largest absolute Gasteiger partial charge is 0.481 e. The van der Waals surface area contributed by atoms with Crippen molar-refractivity contribution in [3.05, 3.63) is 69.3 Å². The van der Waals surface area contributed by atoms with Crippen LogP contribution in [0.1, 0.15) is 97.4 Å². The molecule has 12 heteroatoms. The monoisotopic (exact) mass is 654 g/mol. The van der Waals surface area contributed by atoms with E-state index in [1.54, 1.807) is 0 Å². The zero-order chi connectivity index (χ0) is 34.9. The van der Waals surface area contributed by atoms with Crippen molar-refractivity contribution >= 4 is 68.2 Å². The van der Waals surface area contributed by atoms with Crippen LogP contribution in [0.3, 0.4) is 0 Å². The van der Waals surface area contributed by atoms with Gasteiger partial charge in [-0.3, -0.25) is 19.2 Å². The van der Waals surface area contributed by atoms with Crippen LogP contribution in [0.4, 0.5) is 0 Å². The van der Waals surface area contributed by atoms with E-state index in [4.69, 9.17) is 9.97 Å². The van der Waals surface area contributed by atoms with E-state index in [1.165, 1.54) is 0 Å². The molecular weight excluding hydrogens is 616 g/mol. The van der Waals surface area contributed by atoms with Crippen LogP contribution in [0.2, 0.25) is 0 Å². The number of nitrogens with zero attached hydrogens (tertiary/aromatic N) is 2. The van der Waals surface area contributed by atoms with Gasteiger partial charge in [0.1, 0.15) is 0 Å². The molecule has 0 unspecified atom stereocenters. The third kappa shape index (κ3) is 7.07. The van der Waals surface area contributed by atoms with Crippen LogP contribution in [0.5, 0.6) is 0 Å². The maximum atomic E-state index is 11.6. The number of allylic oxidation sites excluding steroid dienone is 4. The Morgan fingerprint density at radius 1 is 0.500 bits per heavy atom. The molecule has 48 heavy (non-hydrogen) atoms. The molecule has 0 aliphatic carbocycles. The van der Waals surface area contributed by atoms with Gasteiger partial charge in [-0.2, -0.15) is 0 Å². The first-order chi connectivity index (χ1) is 22.7. The average molecular weight is 655 g/mol. The third-order valence-corrected chi connectivity index (χ3v) is 9.16. The molecule has 3 aromatic rings. The Balaban J connectivity index is 1.91. The predicted octanol–water partition coefficient (Wildman–Crippen LogP) is 6.56. The van der Waals surface area contributed by atoms with Gasteiger partial charge in [0.25, 0.3) is 0 Å². The van der Waals surface area contributed by atoms with Gasteiger partial charge in [-0.1, -0.05) is 0 Å². The zero-order valence-electron chi connectivity index (χ0n) is 27.3. The fourth-order valence-electron chi connectivity index (χ4n) is 6.42. The van der Waals surface area contributed by atoms with E-state index < -0.39 is 23.9 Å². The second-order valence-electron chi connectivity index (χ2n) is 12.2. The lowest BCUT2D eigenvalue weighted by Gasteiger charge is -2.03. The van der Waals surface area contributed by atoms with Gasteiger partial charge in [-0.15, -0.1) is 0 Å². The van der Waals surface area contributed by atoms with Crippen molar-refractivity contribution in [1.82, 2.24) is 19.9 Å². The highest BCUT2D eigenvalue weighted by atomic mass is 16.4. The molecule has 0 amide bonds. The number of aryl methyl sites for hydroxylation is 4. The van der Waals surface area contributed by atoms with Gasteiger partial charge in [0.05, 0.1) is 22.8 Å². The Hall–Kier alpha value is -5.52. The summed E-state index contributed by atoms with van der Waals surface area (Å²) in [5.41, 5.74) is 11.4. The molecule has 0 saturated heterocycles. The van der Waals surface area contributed by atoms with Gasteiger partial charge in [-0.05, 0) is 122 Å². The highest BCUT2D eigenvalue weighted by Gasteiger charge is 2.23. The molecule has 0 fully saturated rings. The topological polar surface area (TPSA) is 207 Å². The smallest absolute Gasteiger partial charge is 0.303 e. The molecule has 0 atom stereocenters. The number of aliphatic carboxylic acids is 4. The summed E-state index contributed by atoms with van der Waals surface area (Å²) in [6.45, 7) is 7.56. The van der Waals surface area contributed by atoms with Crippen LogP contribution in [0.15, 0.2) is 24.3 Å². The number of nitrogens with one attached hydrogen (secondary N) is 2. The number of hydrogen-bond acceptors (Lipinski definition) is 6. The first-order valence-corrected chi connectivity index (χ1v) is 15.7. The van der Waals surface area contributed by atoms with Crippen LogP contribution in [-0.4, -0.2) is 64.2 Å². The number of aromatic amines is 2.